The van der Waals surface area contributed by atoms with Crippen molar-refractivity contribution in [1.29, 1.82) is 0 Å². The van der Waals surface area contributed by atoms with E-state index in [-0.39, 0.29) is 23.9 Å². The Labute approximate surface area is 111 Å². The van der Waals surface area contributed by atoms with Gasteiger partial charge in [-0.05, 0) is 31.5 Å². The summed E-state index contributed by atoms with van der Waals surface area (Å²) in [4.78, 5) is 0. The Bertz CT molecular complexity index is 561. The fourth-order valence-electron chi connectivity index (χ4n) is 2.14. The molecule has 0 spiro atoms. The standard InChI is InChI=1S/C12H15ClFNO2S/c1-12(4-5-18(16,17)8-12)15-7-9-6-10(13)2-3-11(9)14/h2-3,6,15H,4-5,7-8H2,1H3. The Morgan fingerprint density at radius 3 is 2.83 bits per heavy atom. The van der Waals surface area contributed by atoms with E-state index in [0.29, 0.717) is 17.0 Å². The first-order valence-electron chi connectivity index (χ1n) is 5.69. The van der Waals surface area contributed by atoms with Gasteiger partial charge in [0.1, 0.15) is 5.82 Å². The molecule has 0 bridgehead atoms. The zero-order chi connectivity index (χ0) is 13.4. The predicted molar refractivity (Wildman–Crippen MR) is 69.9 cm³/mol. The number of benzene rings is 1. The highest BCUT2D eigenvalue weighted by Gasteiger charge is 2.37. The zero-order valence-electron chi connectivity index (χ0n) is 10.0. The van der Waals surface area contributed by atoms with Crippen molar-refractivity contribution in [2.75, 3.05) is 11.5 Å². The van der Waals surface area contributed by atoms with Gasteiger partial charge in [0.15, 0.2) is 9.84 Å². The van der Waals surface area contributed by atoms with Gasteiger partial charge in [-0.2, -0.15) is 0 Å². The molecule has 6 heteroatoms. The second kappa shape index (κ2) is 4.79. The zero-order valence-corrected chi connectivity index (χ0v) is 11.6. The number of halogens is 2. The molecule has 0 saturated carbocycles. The Hall–Kier alpha value is -0.650. The molecule has 1 aliphatic heterocycles. The van der Waals surface area contributed by atoms with E-state index in [2.05, 4.69) is 5.32 Å². The molecule has 1 N–H and O–H groups in total. The number of rotatable bonds is 3. The van der Waals surface area contributed by atoms with Crippen molar-refractivity contribution in [3.63, 3.8) is 0 Å². The van der Waals surface area contributed by atoms with E-state index in [9.17, 15) is 12.8 Å². The van der Waals surface area contributed by atoms with Crippen LogP contribution in [0.4, 0.5) is 4.39 Å². The molecular formula is C12H15ClFNO2S. The van der Waals surface area contributed by atoms with E-state index in [1.54, 1.807) is 6.07 Å². The quantitative estimate of drug-likeness (QED) is 0.928. The molecular weight excluding hydrogens is 277 g/mol. The third kappa shape index (κ3) is 3.22. The van der Waals surface area contributed by atoms with E-state index in [1.807, 2.05) is 6.92 Å². The molecule has 100 valence electrons. The van der Waals surface area contributed by atoms with E-state index in [0.717, 1.165) is 0 Å². The summed E-state index contributed by atoms with van der Waals surface area (Å²) in [5.41, 5.74) is -0.0267. The van der Waals surface area contributed by atoms with Crippen molar-refractivity contribution < 1.29 is 12.8 Å². The molecule has 18 heavy (non-hydrogen) atoms. The third-order valence-electron chi connectivity index (χ3n) is 3.22. The Kier molecular flexibility index (Phi) is 3.67. The molecule has 0 aromatic heterocycles. The highest BCUT2D eigenvalue weighted by atomic mass is 35.5. The van der Waals surface area contributed by atoms with Crippen LogP contribution in [0.15, 0.2) is 18.2 Å². The predicted octanol–water partition coefficient (Wildman–Crippen LogP) is 2.15. The van der Waals surface area contributed by atoms with Gasteiger partial charge in [-0.15, -0.1) is 0 Å². The first-order chi connectivity index (χ1) is 8.30. The largest absolute Gasteiger partial charge is 0.306 e. The maximum atomic E-state index is 13.5. The lowest BCUT2D eigenvalue weighted by atomic mass is 10.0. The van der Waals surface area contributed by atoms with Gasteiger partial charge in [0, 0.05) is 22.7 Å². The van der Waals surface area contributed by atoms with Crippen LogP contribution in [0.5, 0.6) is 0 Å². The van der Waals surface area contributed by atoms with Crippen LogP contribution in [-0.4, -0.2) is 25.5 Å². The van der Waals surface area contributed by atoms with Crippen molar-refractivity contribution in [3.8, 4) is 0 Å². The van der Waals surface area contributed by atoms with E-state index in [4.69, 9.17) is 11.6 Å². The third-order valence-corrected chi connectivity index (χ3v) is 5.35. The van der Waals surface area contributed by atoms with Crippen LogP contribution in [0.2, 0.25) is 5.02 Å². The molecule has 3 nitrogen and oxygen atoms in total. The molecule has 0 aliphatic carbocycles. The molecule has 0 amide bonds. The van der Waals surface area contributed by atoms with Crippen molar-refractivity contribution >= 4 is 21.4 Å². The summed E-state index contributed by atoms with van der Waals surface area (Å²) < 4.78 is 36.4. The monoisotopic (exact) mass is 291 g/mol. The fraction of sp³-hybridized carbons (Fsp3) is 0.500. The average Bonchev–Trinajstić information content (AvgIpc) is 2.55. The summed E-state index contributed by atoms with van der Waals surface area (Å²) in [5, 5.41) is 3.59. The van der Waals surface area contributed by atoms with Crippen LogP contribution < -0.4 is 5.32 Å². The maximum Gasteiger partial charge on any atom is 0.152 e. The molecule has 1 saturated heterocycles. The lowest BCUT2D eigenvalue weighted by Crippen LogP contribution is -2.43. The SMILES string of the molecule is CC1(NCc2cc(Cl)ccc2F)CCS(=O)(=O)C1. The summed E-state index contributed by atoms with van der Waals surface area (Å²) in [6, 6.07) is 4.35. The van der Waals surface area contributed by atoms with Gasteiger partial charge < -0.3 is 5.32 Å². The minimum atomic E-state index is -2.96. The smallest absolute Gasteiger partial charge is 0.152 e. The van der Waals surface area contributed by atoms with Crippen LogP contribution >= 0.6 is 11.6 Å². The van der Waals surface area contributed by atoms with Gasteiger partial charge in [0.25, 0.3) is 0 Å². The molecule has 1 aromatic carbocycles. The highest BCUT2D eigenvalue weighted by molar-refractivity contribution is 7.91. The van der Waals surface area contributed by atoms with Gasteiger partial charge in [0.2, 0.25) is 0 Å². The summed E-state index contributed by atoms with van der Waals surface area (Å²) in [6.07, 6.45) is 0.553. The highest BCUT2D eigenvalue weighted by Crippen LogP contribution is 2.24. The van der Waals surface area contributed by atoms with Gasteiger partial charge in [-0.3, -0.25) is 0 Å². The molecule has 1 unspecified atom stereocenters. The summed E-state index contributed by atoms with van der Waals surface area (Å²) in [7, 11) is -2.96. The van der Waals surface area contributed by atoms with Gasteiger partial charge in [0.05, 0.1) is 11.5 Å². The van der Waals surface area contributed by atoms with Crippen LogP contribution in [0.25, 0.3) is 0 Å². The number of sulfone groups is 1. The topological polar surface area (TPSA) is 46.2 Å². The fourth-order valence-corrected chi connectivity index (χ4v) is 4.45. The van der Waals surface area contributed by atoms with Crippen LogP contribution in [0.3, 0.4) is 0 Å². The molecule has 1 fully saturated rings. The normalized spacial score (nSPS) is 26.4. The van der Waals surface area contributed by atoms with Crippen molar-refractivity contribution in [2.24, 2.45) is 0 Å². The molecule has 2 rings (SSSR count). The first kappa shape index (κ1) is 13.8. The van der Waals surface area contributed by atoms with Crippen molar-refractivity contribution in [3.05, 3.63) is 34.6 Å². The van der Waals surface area contributed by atoms with Crippen LogP contribution in [0.1, 0.15) is 18.9 Å². The lowest BCUT2D eigenvalue weighted by molar-refractivity contribution is 0.391. The molecule has 1 aromatic rings. The van der Waals surface area contributed by atoms with Crippen molar-refractivity contribution in [2.45, 2.75) is 25.4 Å². The van der Waals surface area contributed by atoms with E-state index in [1.165, 1.54) is 12.1 Å². The van der Waals surface area contributed by atoms with Crippen LogP contribution in [0, 0.1) is 5.82 Å². The lowest BCUT2D eigenvalue weighted by Gasteiger charge is -2.24. The molecule has 1 aliphatic rings. The summed E-state index contributed by atoms with van der Waals surface area (Å²) >= 11 is 5.80. The first-order valence-corrected chi connectivity index (χ1v) is 7.89. The van der Waals surface area contributed by atoms with Crippen LogP contribution in [-0.2, 0) is 16.4 Å². The minimum Gasteiger partial charge on any atom is -0.306 e. The maximum absolute atomic E-state index is 13.5. The van der Waals surface area contributed by atoms with E-state index >= 15 is 0 Å². The summed E-state index contributed by atoms with van der Waals surface area (Å²) in [5.74, 6) is -0.0483. The Morgan fingerprint density at radius 1 is 1.50 bits per heavy atom. The van der Waals surface area contributed by atoms with Gasteiger partial charge >= 0.3 is 0 Å². The summed E-state index contributed by atoms with van der Waals surface area (Å²) in [6.45, 7) is 2.12. The average molecular weight is 292 g/mol. The number of hydrogen-bond acceptors (Lipinski definition) is 3. The minimum absolute atomic E-state index is 0.0994. The molecule has 1 heterocycles. The Balaban J connectivity index is 2.06. The number of nitrogens with one attached hydrogen (secondary N) is 1. The molecule has 1 atom stereocenters. The van der Waals surface area contributed by atoms with Crippen molar-refractivity contribution in [1.82, 2.24) is 5.32 Å². The van der Waals surface area contributed by atoms with Gasteiger partial charge in [-0.1, -0.05) is 11.6 Å². The second-order valence-corrected chi connectivity index (χ2v) is 7.61. The van der Waals surface area contributed by atoms with Gasteiger partial charge in [-0.25, -0.2) is 12.8 Å². The second-order valence-electron chi connectivity index (χ2n) is 4.99. The Morgan fingerprint density at radius 2 is 2.22 bits per heavy atom. The number of hydrogen-bond donors (Lipinski definition) is 1. The molecule has 0 radical (unpaired) electrons. The van der Waals surface area contributed by atoms with E-state index < -0.39 is 15.4 Å².